The summed E-state index contributed by atoms with van der Waals surface area (Å²) in [5, 5.41) is 0. The van der Waals surface area contributed by atoms with Gasteiger partial charge in [-0.15, -0.1) is 0 Å². The summed E-state index contributed by atoms with van der Waals surface area (Å²) < 4.78 is 181. The minimum absolute atomic E-state index is 0.0722. The molecule has 0 bridgehead atoms. The Hall–Kier alpha value is -2.80. The van der Waals surface area contributed by atoms with Crippen molar-refractivity contribution in [2.45, 2.75) is 113 Å². The number of rotatable bonds is 13. The summed E-state index contributed by atoms with van der Waals surface area (Å²) in [7, 11) is 0. The highest BCUT2D eigenvalue weighted by Crippen LogP contribution is 2.64. The zero-order chi connectivity index (χ0) is 33.3. The zero-order valence-corrected chi connectivity index (χ0v) is 23.8. The molecule has 0 aromatic heterocycles. The van der Waals surface area contributed by atoms with Gasteiger partial charge in [-0.2, -0.15) is 52.7 Å². The number of hydrogen-bond donors (Lipinski definition) is 2. The maximum absolute atomic E-state index is 15.3. The van der Waals surface area contributed by atoms with E-state index < -0.39 is 58.5 Å². The Morgan fingerprint density at radius 2 is 0.818 bits per heavy atom. The number of alkyl halides is 12. The lowest BCUT2D eigenvalue weighted by Gasteiger charge is -2.41. The Kier molecular flexibility index (Phi) is 8.46. The van der Waals surface area contributed by atoms with Gasteiger partial charge in [-0.3, -0.25) is 0 Å². The van der Waals surface area contributed by atoms with Crippen molar-refractivity contribution in [1.82, 2.24) is 0 Å². The number of nitrogen functional groups attached to an aromatic ring is 2. The Bertz CT molecular complexity index is 1290. The van der Waals surface area contributed by atoms with Crippen LogP contribution in [-0.2, 0) is 24.7 Å². The molecule has 14 heteroatoms. The van der Waals surface area contributed by atoms with E-state index in [0.29, 0.717) is 49.9 Å². The molecule has 2 aliphatic carbocycles. The SMILES string of the molecule is CCCc1cc(C(F)(F)C(F)(F)C(F)(F)C(F)(F)C(F)(F)C(F)(F)c2cc(CCC)c(N)c(C3CC3)c2)cc(C2CC2)c1N. The summed E-state index contributed by atoms with van der Waals surface area (Å²) in [5.41, 5.74) is 7.44. The van der Waals surface area contributed by atoms with Gasteiger partial charge in [0.05, 0.1) is 0 Å². The highest BCUT2D eigenvalue weighted by atomic mass is 19.4. The van der Waals surface area contributed by atoms with E-state index >= 15 is 35.1 Å². The average Bonchev–Trinajstić information content (AvgIpc) is 3.84. The van der Waals surface area contributed by atoms with Crippen LogP contribution in [0.5, 0.6) is 0 Å². The summed E-state index contributed by atoms with van der Waals surface area (Å²) in [6.45, 7) is 3.12. The molecule has 0 spiro atoms. The van der Waals surface area contributed by atoms with Gasteiger partial charge >= 0.3 is 35.5 Å². The molecule has 0 unspecified atom stereocenters. The van der Waals surface area contributed by atoms with Crippen LogP contribution in [-0.4, -0.2) is 23.7 Å². The minimum Gasteiger partial charge on any atom is -0.398 e. The van der Waals surface area contributed by atoms with Crippen LogP contribution < -0.4 is 11.5 Å². The maximum Gasteiger partial charge on any atom is 0.385 e. The summed E-state index contributed by atoms with van der Waals surface area (Å²) in [6, 6.07) is 1.35. The third-order valence-corrected chi connectivity index (χ3v) is 8.37. The fourth-order valence-corrected chi connectivity index (χ4v) is 5.41. The lowest BCUT2D eigenvalue weighted by molar-refractivity contribution is -0.429. The second kappa shape index (κ2) is 10.9. The highest BCUT2D eigenvalue weighted by molar-refractivity contribution is 5.60. The zero-order valence-electron chi connectivity index (χ0n) is 23.8. The normalized spacial score (nSPS) is 17.3. The van der Waals surface area contributed by atoms with Crippen molar-refractivity contribution in [3.8, 4) is 0 Å². The van der Waals surface area contributed by atoms with E-state index in [1.807, 2.05) is 0 Å². The number of halogens is 12. The van der Waals surface area contributed by atoms with Crippen LogP contribution >= 0.6 is 0 Å². The van der Waals surface area contributed by atoms with Gasteiger partial charge in [-0.05, 0) is 96.9 Å². The average molecular weight is 649 g/mol. The Morgan fingerprint density at radius 1 is 0.523 bits per heavy atom. The monoisotopic (exact) mass is 648 g/mol. The molecule has 0 saturated heterocycles. The number of aryl methyl sites for hydroxylation is 2. The van der Waals surface area contributed by atoms with Crippen LogP contribution in [0.4, 0.5) is 64.1 Å². The fourth-order valence-electron chi connectivity index (χ4n) is 5.41. The molecule has 2 aliphatic rings. The maximum atomic E-state index is 15.3. The summed E-state index contributed by atoms with van der Waals surface area (Å²) in [6.07, 6.45) is 1.89. The molecule has 2 aromatic carbocycles. The first kappa shape index (κ1) is 34.1. The quantitative estimate of drug-likeness (QED) is 0.168. The van der Waals surface area contributed by atoms with Crippen molar-refractivity contribution in [3.63, 3.8) is 0 Å². The first-order valence-electron chi connectivity index (χ1n) is 14.2. The molecule has 2 aromatic rings. The molecule has 0 atom stereocenters. The van der Waals surface area contributed by atoms with E-state index in [1.165, 1.54) is 0 Å². The van der Waals surface area contributed by atoms with Gasteiger partial charge in [-0.25, -0.2) is 0 Å². The first-order valence-corrected chi connectivity index (χ1v) is 14.2. The third kappa shape index (κ3) is 5.07. The predicted octanol–water partition coefficient (Wildman–Crippen LogP) is 9.94. The van der Waals surface area contributed by atoms with Gasteiger partial charge in [0.1, 0.15) is 0 Å². The van der Waals surface area contributed by atoms with Gasteiger partial charge in [0.2, 0.25) is 0 Å². The molecule has 0 aliphatic heterocycles. The van der Waals surface area contributed by atoms with Crippen molar-refractivity contribution >= 4 is 11.4 Å². The molecule has 44 heavy (non-hydrogen) atoms. The molecular formula is C30H32F12N2. The van der Waals surface area contributed by atoms with E-state index in [4.69, 9.17) is 11.5 Å². The second-order valence-electron chi connectivity index (χ2n) is 11.8. The molecule has 2 nitrogen and oxygen atoms in total. The van der Waals surface area contributed by atoms with E-state index in [2.05, 4.69) is 0 Å². The van der Waals surface area contributed by atoms with Crippen molar-refractivity contribution < 1.29 is 52.7 Å². The van der Waals surface area contributed by atoms with Gasteiger partial charge in [0, 0.05) is 22.5 Å². The molecule has 0 radical (unpaired) electrons. The van der Waals surface area contributed by atoms with E-state index in [-0.39, 0.29) is 59.3 Å². The minimum atomic E-state index is -7.68. The van der Waals surface area contributed by atoms with Crippen LogP contribution in [0.1, 0.15) is 97.6 Å². The molecule has 0 amide bonds. The van der Waals surface area contributed by atoms with Crippen molar-refractivity contribution in [2.75, 3.05) is 11.5 Å². The molecule has 2 fully saturated rings. The lowest BCUT2D eigenvalue weighted by atomic mass is 9.84. The van der Waals surface area contributed by atoms with Crippen LogP contribution in [0, 0.1) is 0 Å². The van der Waals surface area contributed by atoms with Crippen molar-refractivity contribution in [2.24, 2.45) is 0 Å². The summed E-state index contributed by atoms with van der Waals surface area (Å²) >= 11 is 0. The number of nitrogens with two attached hydrogens (primary N) is 2. The second-order valence-corrected chi connectivity index (χ2v) is 11.8. The first-order chi connectivity index (χ1) is 20.1. The van der Waals surface area contributed by atoms with Crippen LogP contribution in [0.25, 0.3) is 0 Å². The molecule has 4 rings (SSSR count). The largest absolute Gasteiger partial charge is 0.398 e. The van der Waals surface area contributed by atoms with Crippen LogP contribution in [0.3, 0.4) is 0 Å². The number of benzene rings is 2. The molecule has 4 N–H and O–H groups in total. The third-order valence-electron chi connectivity index (χ3n) is 8.37. The van der Waals surface area contributed by atoms with Crippen molar-refractivity contribution in [1.29, 1.82) is 0 Å². The molecule has 246 valence electrons. The van der Waals surface area contributed by atoms with E-state index in [0.717, 1.165) is 0 Å². The predicted molar refractivity (Wildman–Crippen MR) is 141 cm³/mol. The van der Waals surface area contributed by atoms with E-state index in [1.54, 1.807) is 13.8 Å². The molecule has 2 saturated carbocycles. The van der Waals surface area contributed by atoms with Gasteiger partial charge < -0.3 is 11.5 Å². The number of anilines is 2. The summed E-state index contributed by atoms with van der Waals surface area (Å²) in [4.78, 5) is 0. The van der Waals surface area contributed by atoms with E-state index in [9.17, 15) is 17.6 Å². The van der Waals surface area contributed by atoms with Gasteiger partial charge in [-0.1, -0.05) is 26.7 Å². The van der Waals surface area contributed by atoms with Crippen molar-refractivity contribution in [3.05, 3.63) is 57.6 Å². The topological polar surface area (TPSA) is 52.0 Å². The van der Waals surface area contributed by atoms with Crippen LogP contribution in [0.15, 0.2) is 24.3 Å². The Morgan fingerprint density at radius 3 is 1.07 bits per heavy atom. The smallest absolute Gasteiger partial charge is 0.385 e. The van der Waals surface area contributed by atoms with Gasteiger partial charge in [0.25, 0.3) is 0 Å². The van der Waals surface area contributed by atoms with Gasteiger partial charge in [0.15, 0.2) is 0 Å². The Labute approximate surface area is 246 Å². The molecule has 0 heterocycles. The highest BCUT2D eigenvalue weighted by Gasteiger charge is 2.90. The lowest BCUT2D eigenvalue weighted by Crippen LogP contribution is -2.69. The fraction of sp³-hybridized carbons (Fsp3) is 0.600. The number of hydrogen-bond acceptors (Lipinski definition) is 2. The standard InChI is InChI=1S/C30H32F12N2/c1-3-5-17-11-19(13-21(23(17)43)15-7-8-15)25(31,32)27(35,36)29(39,40)30(41,42)28(37,38)26(33,34)20-12-18(6-4-2)24(44)22(14-20)16-9-10-16/h11-16H,3-10,43-44H2,1-2H3. The van der Waals surface area contributed by atoms with Crippen LogP contribution in [0.2, 0.25) is 0 Å². The Balaban J connectivity index is 1.80. The summed E-state index contributed by atoms with van der Waals surface area (Å²) in [5.74, 6) is -43.3. The molecular weight excluding hydrogens is 616 g/mol.